The number of nitrogens with zero attached hydrogens (tertiary/aromatic N) is 2. The lowest BCUT2D eigenvalue weighted by molar-refractivity contribution is 0.244. The number of likely N-dealkylation sites (N-methyl/N-ethyl adjacent to an activating group) is 1. The molecular formula is C18H27BrN2S. The molecule has 1 saturated carbocycles. The minimum absolute atomic E-state index is 0.451. The molecule has 3 atom stereocenters. The molecule has 1 unspecified atom stereocenters. The van der Waals surface area contributed by atoms with Crippen molar-refractivity contribution in [2.24, 2.45) is 0 Å². The summed E-state index contributed by atoms with van der Waals surface area (Å²) in [5.41, 5.74) is 1.24. The molecule has 0 radical (unpaired) electrons. The fourth-order valence-corrected chi connectivity index (χ4v) is 4.36. The number of para-hydroxylation sites is 1. The van der Waals surface area contributed by atoms with Crippen LogP contribution in [0.5, 0.6) is 0 Å². The van der Waals surface area contributed by atoms with Gasteiger partial charge in [0.15, 0.2) is 0 Å². The second-order valence-corrected chi connectivity index (χ2v) is 8.08. The number of anilines is 1. The van der Waals surface area contributed by atoms with Crippen molar-refractivity contribution in [3.05, 3.63) is 30.3 Å². The Morgan fingerprint density at radius 3 is 2.45 bits per heavy atom. The highest BCUT2D eigenvalue weighted by Crippen LogP contribution is 2.32. The van der Waals surface area contributed by atoms with E-state index < -0.39 is 0 Å². The minimum atomic E-state index is 0.451. The molecule has 0 saturated heterocycles. The molecule has 0 aliphatic heterocycles. The molecule has 0 amide bonds. The Kier molecular flexibility index (Phi) is 6.85. The fraction of sp³-hybridized carbons (Fsp3) is 0.611. The number of hydrogen-bond acceptors (Lipinski definition) is 2. The highest BCUT2D eigenvalue weighted by Gasteiger charge is 2.34. The highest BCUT2D eigenvalue weighted by atomic mass is 79.9. The molecule has 0 heterocycles. The molecule has 1 fully saturated rings. The molecule has 1 aliphatic carbocycles. The Morgan fingerprint density at radius 2 is 1.86 bits per heavy atom. The SMILES string of the molecule is CCC(=S)N(c1ccccc1)[C@@H]1CCCC(Br)C[C@H]1N(C)C. The normalized spacial score (nSPS) is 25.8. The van der Waals surface area contributed by atoms with E-state index in [4.69, 9.17) is 12.2 Å². The van der Waals surface area contributed by atoms with Gasteiger partial charge in [-0.15, -0.1) is 0 Å². The minimum Gasteiger partial charge on any atom is -0.331 e. The van der Waals surface area contributed by atoms with Gasteiger partial charge >= 0.3 is 0 Å². The molecule has 2 nitrogen and oxygen atoms in total. The lowest BCUT2D eigenvalue weighted by Crippen LogP contribution is -2.51. The van der Waals surface area contributed by atoms with Gasteiger partial charge in [-0.05, 0) is 51.9 Å². The fourth-order valence-electron chi connectivity index (χ4n) is 3.41. The van der Waals surface area contributed by atoms with E-state index in [0.29, 0.717) is 16.9 Å². The Balaban J connectivity index is 2.37. The van der Waals surface area contributed by atoms with Crippen molar-refractivity contribution in [3.63, 3.8) is 0 Å². The van der Waals surface area contributed by atoms with E-state index in [1.54, 1.807) is 0 Å². The van der Waals surface area contributed by atoms with Gasteiger partial charge in [-0.25, -0.2) is 0 Å². The second kappa shape index (κ2) is 8.42. The Bertz CT molecular complexity index is 477. The third-order valence-electron chi connectivity index (χ3n) is 4.56. The summed E-state index contributed by atoms with van der Waals surface area (Å²) < 4.78 is 0. The zero-order valence-corrected chi connectivity index (χ0v) is 16.2. The molecule has 4 heteroatoms. The van der Waals surface area contributed by atoms with Gasteiger partial charge in [0.05, 0.1) is 11.0 Å². The molecule has 2 rings (SSSR count). The number of alkyl halides is 1. The van der Waals surface area contributed by atoms with Crippen LogP contribution in [0.1, 0.15) is 39.0 Å². The Labute approximate surface area is 149 Å². The van der Waals surface area contributed by atoms with E-state index in [-0.39, 0.29) is 0 Å². The van der Waals surface area contributed by atoms with Crippen LogP contribution in [0.15, 0.2) is 30.3 Å². The predicted molar refractivity (Wildman–Crippen MR) is 104 cm³/mol. The van der Waals surface area contributed by atoms with E-state index in [2.05, 4.69) is 77.1 Å². The van der Waals surface area contributed by atoms with Gasteiger partial charge in [0.2, 0.25) is 0 Å². The monoisotopic (exact) mass is 382 g/mol. The second-order valence-electron chi connectivity index (χ2n) is 6.32. The molecule has 0 spiro atoms. The maximum absolute atomic E-state index is 5.75. The van der Waals surface area contributed by atoms with E-state index >= 15 is 0 Å². The Hall–Kier alpha value is -0.450. The van der Waals surface area contributed by atoms with Crippen LogP contribution in [-0.2, 0) is 0 Å². The highest BCUT2D eigenvalue weighted by molar-refractivity contribution is 9.09. The van der Waals surface area contributed by atoms with Crippen molar-refractivity contribution in [1.82, 2.24) is 4.90 Å². The van der Waals surface area contributed by atoms with Gasteiger partial charge in [-0.1, -0.05) is 59.7 Å². The number of benzene rings is 1. The van der Waals surface area contributed by atoms with E-state index in [9.17, 15) is 0 Å². The zero-order valence-electron chi connectivity index (χ0n) is 13.8. The molecule has 22 heavy (non-hydrogen) atoms. The van der Waals surface area contributed by atoms with Gasteiger partial charge in [0, 0.05) is 16.6 Å². The predicted octanol–water partition coefficient (Wildman–Crippen LogP) is 4.87. The van der Waals surface area contributed by atoms with Crippen LogP contribution in [-0.4, -0.2) is 40.9 Å². The summed E-state index contributed by atoms with van der Waals surface area (Å²) in [6.07, 6.45) is 5.79. The maximum atomic E-state index is 5.75. The third kappa shape index (κ3) is 4.30. The standard InChI is InChI=1S/C18H27BrN2S/c1-4-18(22)21(15-10-6-5-7-11-15)16-12-8-9-14(19)13-17(16)20(2)3/h5-7,10-11,14,16-17H,4,8-9,12-13H2,1-3H3/t14?,16-,17-/m1/s1. The van der Waals surface area contributed by atoms with Crippen LogP contribution < -0.4 is 4.90 Å². The van der Waals surface area contributed by atoms with Crippen LogP contribution in [0.25, 0.3) is 0 Å². The first-order chi connectivity index (χ1) is 10.5. The molecule has 0 aromatic heterocycles. The van der Waals surface area contributed by atoms with Crippen LogP contribution in [0.3, 0.4) is 0 Å². The van der Waals surface area contributed by atoms with Crippen LogP contribution in [0.2, 0.25) is 0 Å². The van der Waals surface area contributed by atoms with Gasteiger partial charge in [0.1, 0.15) is 0 Å². The first-order valence-corrected chi connectivity index (χ1v) is 9.54. The molecule has 122 valence electrons. The summed E-state index contributed by atoms with van der Waals surface area (Å²) in [4.78, 5) is 6.46. The lowest BCUT2D eigenvalue weighted by atomic mass is 9.99. The van der Waals surface area contributed by atoms with Crippen molar-refractivity contribution in [2.45, 2.75) is 55.9 Å². The maximum Gasteiger partial charge on any atom is 0.0824 e. The summed E-state index contributed by atoms with van der Waals surface area (Å²) in [5, 5.41) is 0. The van der Waals surface area contributed by atoms with E-state index in [1.807, 2.05) is 0 Å². The average Bonchev–Trinajstić information content (AvgIpc) is 2.70. The first-order valence-electron chi connectivity index (χ1n) is 8.22. The van der Waals surface area contributed by atoms with Crippen molar-refractivity contribution >= 4 is 38.8 Å². The summed E-state index contributed by atoms with van der Waals surface area (Å²) in [7, 11) is 4.39. The molecule has 0 bridgehead atoms. The molecule has 1 aromatic rings. The van der Waals surface area contributed by atoms with Gasteiger partial charge in [-0.2, -0.15) is 0 Å². The van der Waals surface area contributed by atoms with Crippen molar-refractivity contribution in [2.75, 3.05) is 19.0 Å². The van der Waals surface area contributed by atoms with Gasteiger partial charge < -0.3 is 9.80 Å². The quantitative estimate of drug-likeness (QED) is 0.416. The number of rotatable bonds is 4. The largest absolute Gasteiger partial charge is 0.331 e. The van der Waals surface area contributed by atoms with E-state index in [0.717, 1.165) is 11.4 Å². The van der Waals surface area contributed by atoms with Gasteiger partial charge in [-0.3, -0.25) is 0 Å². The van der Waals surface area contributed by atoms with Crippen molar-refractivity contribution in [1.29, 1.82) is 0 Å². The number of halogens is 1. The van der Waals surface area contributed by atoms with Crippen LogP contribution in [0.4, 0.5) is 5.69 Å². The van der Waals surface area contributed by atoms with Crippen LogP contribution >= 0.6 is 28.1 Å². The van der Waals surface area contributed by atoms with Crippen LogP contribution in [0, 0.1) is 0 Å². The molecule has 1 aromatic carbocycles. The summed E-state index contributed by atoms with van der Waals surface area (Å²) >= 11 is 9.60. The average molecular weight is 383 g/mol. The summed E-state index contributed by atoms with van der Waals surface area (Å²) in [6.45, 7) is 2.16. The smallest absolute Gasteiger partial charge is 0.0824 e. The molecular weight excluding hydrogens is 356 g/mol. The topological polar surface area (TPSA) is 6.48 Å². The molecule has 1 aliphatic rings. The Morgan fingerprint density at radius 1 is 1.18 bits per heavy atom. The number of thiocarbonyl (C=S) groups is 1. The third-order valence-corrected chi connectivity index (χ3v) is 5.88. The lowest BCUT2D eigenvalue weighted by Gasteiger charge is -2.41. The van der Waals surface area contributed by atoms with E-state index in [1.165, 1.54) is 31.4 Å². The zero-order chi connectivity index (χ0) is 16.1. The molecule has 0 N–H and O–H groups in total. The van der Waals surface area contributed by atoms with Crippen molar-refractivity contribution < 1.29 is 0 Å². The van der Waals surface area contributed by atoms with Gasteiger partial charge in [0.25, 0.3) is 0 Å². The first kappa shape index (κ1) is 17.9. The number of hydrogen-bond donors (Lipinski definition) is 0. The van der Waals surface area contributed by atoms with Crippen molar-refractivity contribution in [3.8, 4) is 0 Å². The summed E-state index contributed by atoms with van der Waals surface area (Å²) in [6, 6.07) is 11.6. The summed E-state index contributed by atoms with van der Waals surface area (Å²) in [5.74, 6) is 0.